The molecule has 134 valence electrons. The first-order valence-electron chi connectivity index (χ1n) is 8.52. The van der Waals surface area contributed by atoms with E-state index in [-0.39, 0.29) is 11.2 Å². The molecule has 0 atom stereocenters. The SMILES string of the molecule is CS/C(=C/C(=O)/C=C/C1=C(C)CCCC1(C)C)Nc1ccc(Cl)cc1. The first-order valence-corrected chi connectivity index (χ1v) is 10.1. The number of rotatable bonds is 6. The molecule has 4 heteroatoms. The fraction of sp³-hybridized carbons (Fsp3) is 0.381. The average molecular weight is 376 g/mol. The molecular formula is C21H26ClNOS. The third kappa shape index (κ3) is 5.79. The summed E-state index contributed by atoms with van der Waals surface area (Å²) < 4.78 is 0. The second kappa shape index (κ2) is 8.77. The number of nitrogens with one attached hydrogen (secondary N) is 1. The maximum Gasteiger partial charge on any atom is 0.181 e. The topological polar surface area (TPSA) is 29.1 Å². The maximum absolute atomic E-state index is 12.4. The largest absolute Gasteiger partial charge is 0.350 e. The Labute approximate surface area is 160 Å². The number of anilines is 1. The molecule has 1 N–H and O–H groups in total. The van der Waals surface area contributed by atoms with Crippen molar-refractivity contribution in [2.75, 3.05) is 11.6 Å². The van der Waals surface area contributed by atoms with Crippen molar-refractivity contribution in [1.29, 1.82) is 0 Å². The van der Waals surface area contributed by atoms with Gasteiger partial charge in [0, 0.05) is 16.8 Å². The molecule has 0 aromatic heterocycles. The van der Waals surface area contributed by atoms with Gasteiger partial charge in [-0.05, 0) is 73.8 Å². The van der Waals surface area contributed by atoms with E-state index in [2.05, 4.69) is 26.1 Å². The van der Waals surface area contributed by atoms with E-state index in [1.165, 1.54) is 35.7 Å². The number of thioether (sulfide) groups is 1. The summed E-state index contributed by atoms with van der Waals surface area (Å²) >= 11 is 7.41. The van der Waals surface area contributed by atoms with Crippen LogP contribution in [-0.4, -0.2) is 12.0 Å². The minimum atomic E-state index is -0.00696. The zero-order chi connectivity index (χ0) is 18.4. The molecule has 2 rings (SSSR count). The zero-order valence-corrected chi connectivity index (χ0v) is 16.9. The van der Waals surface area contributed by atoms with Gasteiger partial charge >= 0.3 is 0 Å². The van der Waals surface area contributed by atoms with E-state index in [1.54, 1.807) is 12.2 Å². The smallest absolute Gasteiger partial charge is 0.181 e. The highest BCUT2D eigenvalue weighted by molar-refractivity contribution is 8.02. The lowest BCUT2D eigenvalue weighted by Gasteiger charge is -2.32. The number of ketones is 1. The van der Waals surface area contributed by atoms with E-state index >= 15 is 0 Å². The van der Waals surface area contributed by atoms with Gasteiger partial charge in [0.25, 0.3) is 0 Å². The van der Waals surface area contributed by atoms with Crippen LogP contribution in [0.5, 0.6) is 0 Å². The van der Waals surface area contributed by atoms with Gasteiger partial charge < -0.3 is 5.32 Å². The molecule has 0 unspecified atom stereocenters. The highest BCUT2D eigenvalue weighted by Gasteiger charge is 2.26. The van der Waals surface area contributed by atoms with Gasteiger partial charge in [0.2, 0.25) is 0 Å². The highest BCUT2D eigenvalue weighted by atomic mass is 35.5. The molecule has 1 aromatic rings. The van der Waals surface area contributed by atoms with E-state index in [0.717, 1.165) is 17.1 Å². The molecule has 1 aliphatic rings. The van der Waals surface area contributed by atoms with Gasteiger partial charge in [-0.3, -0.25) is 4.79 Å². The quantitative estimate of drug-likeness (QED) is 0.567. The van der Waals surface area contributed by atoms with Crippen LogP contribution in [0.25, 0.3) is 0 Å². The van der Waals surface area contributed by atoms with Crippen LogP contribution < -0.4 is 5.32 Å². The molecule has 2 nitrogen and oxygen atoms in total. The normalized spacial score (nSPS) is 17.9. The first-order chi connectivity index (χ1) is 11.8. The molecule has 25 heavy (non-hydrogen) atoms. The van der Waals surface area contributed by atoms with Crippen molar-refractivity contribution < 1.29 is 4.79 Å². The summed E-state index contributed by atoms with van der Waals surface area (Å²) in [6, 6.07) is 7.44. The number of halogens is 1. The summed E-state index contributed by atoms with van der Waals surface area (Å²) in [5.74, 6) is -0.00696. The van der Waals surface area contributed by atoms with Crippen LogP contribution in [0.15, 0.2) is 58.7 Å². The number of allylic oxidation sites excluding steroid dienone is 5. The van der Waals surface area contributed by atoms with Crippen molar-refractivity contribution in [3.63, 3.8) is 0 Å². The second-order valence-corrected chi connectivity index (χ2v) is 8.30. The van der Waals surface area contributed by atoms with Crippen molar-refractivity contribution in [3.05, 3.63) is 63.7 Å². The summed E-state index contributed by atoms with van der Waals surface area (Å²) in [6.07, 6.45) is 10.8. The van der Waals surface area contributed by atoms with Crippen LogP contribution in [0.3, 0.4) is 0 Å². The molecule has 0 aliphatic heterocycles. The third-order valence-electron chi connectivity index (χ3n) is 4.56. The van der Waals surface area contributed by atoms with Crippen molar-refractivity contribution in [3.8, 4) is 0 Å². The van der Waals surface area contributed by atoms with Gasteiger partial charge in [-0.25, -0.2) is 0 Å². The lowest BCUT2D eigenvalue weighted by molar-refractivity contribution is -0.110. The van der Waals surface area contributed by atoms with E-state index in [0.29, 0.717) is 5.02 Å². The Bertz CT molecular complexity index is 714. The first kappa shape index (κ1) is 19.9. The standard InChI is InChI=1S/C21H26ClNOS/c1-15-6-5-13-21(2,3)19(15)12-11-18(24)14-20(25-4)23-17-9-7-16(22)8-10-17/h7-12,14,23H,5-6,13H2,1-4H3/b12-11+,20-14+. The van der Waals surface area contributed by atoms with Crippen LogP contribution in [0.1, 0.15) is 40.0 Å². The van der Waals surface area contributed by atoms with E-state index in [4.69, 9.17) is 11.6 Å². The van der Waals surface area contributed by atoms with Crippen molar-refractivity contribution in [1.82, 2.24) is 0 Å². The summed E-state index contributed by atoms with van der Waals surface area (Å²) in [4.78, 5) is 12.4. The molecule has 0 amide bonds. The number of benzene rings is 1. The lowest BCUT2D eigenvalue weighted by Crippen LogP contribution is -2.19. The van der Waals surface area contributed by atoms with E-state index in [1.807, 2.05) is 36.6 Å². The van der Waals surface area contributed by atoms with Gasteiger partial charge in [0.1, 0.15) is 0 Å². The zero-order valence-electron chi connectivity index (χ0n) is 15.4. The van der Waals surface area contributed by atoms with Gasteiger partial charge in [0.05, 0.1) is 5.03 Å². The molecule has 0 heterocycles. The van der Waals surface area contributed by atoms with Gasteiger partial charge in [0.15, 0.2) is 5.78 Å². The fourth-order valence-electron chi connectivity index (χ4n) is 3.17. The van der Waals surface area contributed by atoms with Crippen LogP contribution in [0.4, 0.5) is 5.69 Å². The Morgan fingerprint density at radius 1 is 1.28 bits per heavy atom. The highest BCUT2D eigenvalue weighted by Crippen LogP contribution is 2.40. The number of carbonyl (C=O) groups is 1. The summed E-state index contributed by atoms with van der Waals surface area (Å²) in [5, 5.41) is 4.75. The summed E-state index contributed by atoms with van der Waals surface area (Å²) in [5.41, 5.74) is 3.76. The minimum Gasteiger partial charge on any atom is -0.350 e. The Morgan fingerprint density at radius 3 is 2.56 bits per heavy atom. The molecule has 0 saturated heterocycles. The number of hydrogen-bond donors (Lipinski definition) is 1. The van der Waals surface area contributed by atoms with Gasteiger partial charge in [-0.15, -0.1) is 11.8 Å². The Kier molecular flexibility index (Phi) is 6.97. The summed E-state index contributed by atoms with van der Waals surface area (Å²) in [6.45, 7) is 6.69. The van der Waals surface area contributed by atoms with Crippen LogP contribution in [0.2, 0.25) is 5.02 Å². The number of hydrogen-bond acceptors (Lipinski definition) is 3. The van der Waals surface area contributed by atoms with E-state index < -0.39 is 0 Å². The molecule has 0 fully saturated rings. The predicted octanol–water partition coefficient (Wildman–Crippen LogP) is 6.61. The third-order valence-corrected chi connectivity index (χ3v) is 5.47. The predicted molar refractivity (Wildman–Crippen MR) is 111 cm³/mol. The monoisotopic (exact) mass is 375 g/mol. The maximum atomic E-state index is 12.4. The molecule has 1 aromatic carbocycles. The Hall–Kier alpha value is -1.45. The molecule has 0 radical (unpaired) electrons. The fourth-order valence-corrected chi connectivity index (χ4v) is 3.75. The summed E-state index contributed by atoms with van der Waals surface area (Å²) in [7, 11) is 0. The van der Waals surface area contributed by atoms with Gasteiger partial charge in [-0.2, -0.15) is 0 Å². The Morgan fingerprint density at radius 2 is 1.96 bits per heavy atom. The second-order valence-electron chi connectivity index (χ2n) is 7.01. The minimum absolute atomic E-state index is 0.00696. The van der Waals surface area contributed by atoms with Gasteiger partial charge in [-0.1, -0.05) is 37.1 Å². The molecule has 0 bridgehead atoms. The average Bonchev–Trinajstić information content (AvgIpc) is 2.55. The van der Waals surface area contributed by atoms with Crippen LogP contribution >= 0.6 is 23.4 Å². The van der Waals surface area contributed by atoms with Crippen LogP contribution in [-0.2, 0) is 4.79 Å². The van der Waals surface area contributed by atoms with E-state index in [9.17, 15) is 4.79 Å². The van der Waals surface area contributed by atoms with Crippen LogP contribution in [0, 0.1) is 5.41 Å². The molecule has 0 saturated carbocycles. The molecular weight excluding hydrogens is 350 g/mol. The molecule has 0 spiro atoms. The lowest BCUT2D eigenvalue weighted by atomic mass is 9.72. The van der Waals surface area contributed by atoms with Crippen molar-refractivity contribution >= 4 is 34.8 Å². The van der Waals surface area contributed by atoms with Crippen molar-refractivity contribution in [2.24, 2.45) is 5.41 Å². The Balaban J connectivity index is 2.10. The molecule has 1 aliphatic carbocycles. The number of carbonyl (C=O) groups excluding carboxylic acids is 1. The van der Waals surface area contributed by atoms with Crippen molar-refractivity contribution in [2.45, 2.75) is 40.0 Å².